The Morgan fingerprint density at radius 3 is 2.84 bits per heavy atom. The smallest absolute Gasteiger partial charge is 0.325 e. The molecule has 0 saturated heterocycles. The quantitative estimate of drug-likeness (QED) is 0.792. The van der Waals surface area contributed by atoms with Crippen LogP contribution in [0.1, 0.15) is 18.0 Å². The highest BCUT2D eigenvalue weighted by Gasteiger charge is 2.21. The zero-order chi connectivity index (χ0) is 13.7. The minimum atomic E-state index is -0.934. The highest BCUT2D eigenvalue weighted by atomic mass is 16.5. The van der Waals surface area contributed by atoms with Gasteiger partial charge in [0.05, 0.1) is 13.2 Å². The van der Waals surface area contributed by atoms with Gasteiger partial charge in [-0.15, -0.1) is 6.58 Å². The Kier molecular flexibility index (Phi) is 4.41. The van der Waals surface area contributed by atoms with E-state index in [-0.39, 0.29) is 0 Å². The number of benzene rings is 1. The molecule has 0 fully saturated rings. The molecule has 0 spiro atoms. The number of aliphatic carboxylic acids is 1. The number of carboxylic acid groups (broad SMARTS) is 1. The van der Waals surface area contributed by atoms with Gasteiger partial charge in [0.15, 0.2) is 11.5 Å². The molecular weight excluding hydrogens is 246 g/mol. The SMILES string of the molecule is C=CCNC(C(=O)O)c1ccc2c(c1)OCCCO2. The summed E-state index contributed by atoms with van der Waals surface area (Å²) >= 11 is 0. The van der Waals surface area contributed by atoms with Gasteiger partial charge in [-0.25, -0.2) is 0 Å². The maximum Gasteiger partial charge on any atom is 0.325 e. The van der Waals surface area contributed by atoms with Crippen molar-refractivity contribution >= 4 is 5.97 Å². The van der Waals surface area contributed by atoms with Crippen LogP contribution in [0.2, 0.25) is 0 Å². The molecule has 1 atom stereocenters. The van der Waals surface area contributed by atoms with Gasteiger partial charge in [0.2, 0.25) is 0 Å². The predicted molar refractivity (Wildman–Crippen MR) is 70.6 cm³/mol. The van der Waals surface area contributed by atoms with Gasteiger partial charge in [0.25, 0.3) is 0 Å². The highest BCUT2D eigenvalue weighted by molar-refractivity contribution is 5.76. The summed E-state index contributed by atoms with van der Waals surface area (Å²) in [5, 5.41) is 12.1. The zero-order valence-corrected chi connectivity index (χ0v) is 10.6. The first-order valence-corrected chi connectivity index (χ1v) is 6.19. The second-order valence-electron chi connectivity index (χ2n) is 4.22. The number of rotatable bonds is 5. The Labute approximate surface area is 111 Å². The molecule has 0 aliphatic carbocycles. The van der Waals surface area contributed by atoms with Crippen molar-refractivity contribution in [2.75, 3.05) is 19.8 Å². The average molecular weight is 263 g/mol. The molecular formula is C14H17NO4. The maximum atomic E-state index is 11.3. The second kappa shape index (κ2) is 6.24. The van der Waals surface area contributed by atoms with Crippen LogP contribution in [-0.2, 0) is 4.79 Å². The third-order valence-electron chi connectivity index (χ3n) is 2.82. The molecule has 0 saturated carbocycles. The van der Waals surface area contributed by atoms with Crippen LogP contribution in [0.15, 0.2) is 30.9 Å². The van der Waals surface area contributed by atoms with Crippen molar-refractivity contribution in [1.29, 1.82) is 0 Å². The van der Waals surface area contributed by atoms with Gasteiger partial charge in [-0.3, -0.25) is 10.1 Å². The number of fused-ring (bicyclic) bond motifs is 1. The number of hydrogen-bond donors (Lipinski definition) is 2. The summed E-state index contributed by atoms with van der Waals surface area (Å²) in [6.45, 7) is 5.18. The second-order valence-corrected chi connectivity index (χ2v) is 4.22. The van der Waals surface area contributed by atoms with E-state index in [1.807, 2.05) is 0 Å². The van der Waals surface area contributed by atoms with Crippen LogP contribution < -0.4 is 14.8 Å². The van der Waals surface area contributed by atoms with Crippen molar-refractivity contribution in [3.8, 4) is 11.5 Å². The van der Waals surface area contributed by atoms with Gasteiger partial charge >= 0.3 is 5.97 Å². The van der Waals surface area contributed by atoms with Crippen LogP contribution >= 0.6 is 0 Å². The van der Waals surface area contributed by atoms with Gasteiger partial charge in [0, 0.05) is 13.0 Å². The van der Waals surface area contributed by atoms with Gasteiger partial charge in [-0.1, -0.05) is 12.1 Å². The molecule has 2 N–H and O–H groups in total. The molecule has 0 bridgehead atoms. The number of hydrogen-bond acceptors (Lipinski definition) is 4. The van der Waals surface area contributed by atoms with E-state index in [0.717, 1.165) is 6.42 Å². The van der Waals surface area contributed by atoms with Crippen LogP contribution in [0, 0.1) is 0 Å². The molecule has 0 radical (unpaired) electrons. The van der Waals surface area contributed by atoms with Gasteiger partial charge < -0.3 is 14.6 Å². The lowest BCUT2D eigenvalue weighted by Gasteiger charge is -2.15. The first-order chi connectivity index (χ1) is 9.22. The molecule has 1 heterocycles. The summed E-state index contributed by atoms with van der Waals surface area (Å²) in [6, 6.07) is 4.43. The van der Waals surface area contributed by atoms with E-state index in [2.05, 4.69) is 11.9 Å². The fourth-order valence-electron chi connectivity index (χ4n) is 1.91. The molecule has 0 aromatic heterocycles. The third kappa shape index (κ3) is 3.26. The average Bonchev–Trinajstić information content (AvgIpc) is 2.63. The maximum absolute atomic E-state index is 11.3. The summed E-state index contributed by atoms with van der Waals surface area (Å²) in [5.74, 6) is 0.326. The summed E-state index contributed by atoms with van der Waals surface area (Å²) in [7, 11) is 0. The fraction of sp³-hybridized carbons (Fsp3) is 0.357. The molecule has 2 rings (SSSR count). The lowest BCUT2D eigenvalue weighted by Crippen LogP contribution is -2.28. The minimum Gasteiger partial charge on any atom is -0.490 e. The highest BCUT2D eigenvalue weighted by Crippen LogP contribution is 2.32. The van der Waals surface area contributed by atoms with Crippen LogP contribution in [0.5, 0.6) is 11.5 Å². The third-order valence-corrected chi connectivity index (χ3v) is 2.82. The van der Waals surface area contributed by atoms with Crippen LogP contribution in [-0.4, -0.2) is 30.8 Å². The Balaban J connectivity index is 2.25. The van der Waals surface area contributed by atoms with E-state index in [1.54, 1.807) is 24.3 Å². The van der Waals surface area contributed by atoms with Crippen molar-refractivity contribution in [2.24, 2.45) is 0 Å². The first kappa shape index (κ1) is 13.4. The van der Waals surface area contributed by atoms with E-state index in [9.17, 15) is 9.90 Å². The minimum absolute atomic E-state index is 0.422. The van der Waals surface area contributed by atoms with Crippen molar-refractivity contribution in [1.82, 2.24) is 5.32 Å². The molecule has 1 aliphatic rings. The molecule has 1 aliphatic heterocycles. The molecule has 1 aromatic rings. The van der Waals surface area contributed by atoms with E-state index in [1.165, 1.54) is 0 Å². The molecule has 5 nitrogen and oxygen atoms in total. The van der Waals surface area contributed by atoms with Gasteiger partial charge in [-0.2, -0.15) is 0 Å². The van der Waals surface area contributed by atoms with Crippen molar-refractivity contribution < 1.29 is 19.4 Å². The Hall–Kier alpha value is -2.01. The number of ether oxygens (including phenoxy) is 2. The summed E-state index contributed by atoms with van der Waals surface area (Å²) in [5.41, 5.74) is 0.638. The van der Waals surface area contributed by atoms with E-state index in [4.69, 9.17) is 9.47 Å². The Morgan fingerprint density at radius 2 is 2.16 bits per heavy atom. The van der Waals surface area contributed by atoms with Crippen molar-refractivity contribution in [3.05, 3.63) is 36.4 Å². The predicted octanol–water partition coefficient (Wildman–Crippen LogP) is 1.75. The number of carbonyl (C=O) groups is 1. The topological polar surface area (TPSA) is 67.8 Å². The largest absolute Gasteiger partial charge is 0.490 e. The van der Waals surface area contributed by atoms with Crippen LogP contribution in [0.25, 0.3) is 0 Å². The number of carboxylic acids is 1. The molecule has 19 heavy (non-hydrogen) atoms. The lowest BCUT2D eigenvalue weighted by molar-refractivity contribution is -0.139. The Bertz CT molecular complexity index is 473. The summed E-state index contributed by atoms with van der Waals surface area (Å²) in [6.07, 6.45) is 2.44. The van der Waals surface area contributed by atoms with Crippen molar-refractivity contribution in [2.45, 2.75) is 12.5 Å². The monoisotopic (exact) mass is 263 g/mol. The first-order valence-electron chi connectivity index (χ1n) is 6.19. The van der Waals surface area contributed by atoms with E-state index in [0.29, 0.717) is 36.8 Å². The van der Waals surface area contributed by atoms with Crippen molar-refractivity contribution in [3.63, 3.8) is 0 Å². The normalized spacial score (nSPS) is 15.4. The summed E-state index contributed by atoms with van der Waals surface area (Å²) < 4.78 is 11.1. The van der Waals surface area contributed by atoms with E-state index >= 15 is 0 Å². The standard InChI is InChI=1S/C14H17NO4/c1-2-6-15-13(14(16)17)10-4-5-11-12(9-10)19-8-3-7-18-11/h2,4-5,9,13,15H,1,3,6-8H2,(H,16,17). The Morgan fingerprint density at radius 1 is 1.42 bits per heavy atom. The van der Waals surface area contributed by atoms with Gasteiger partial charge in [-0.05, 0) is 17.7 Å². The fourth-order valence-corrected chi connectivity index (χ4v) is 1.91. The lowest BCUT2D eigenvalue weighted by atomic mass is 10.1. The zero-order valence-electron chi connectivity index (χ0n) is 10.6. The van der Waals surface area contributed by atoms with Gasteiger partial charge in [0.1, 0.15) is 6.04 Å². The van der Waals surface area contributed by atoms with Crippen LogP contribution in [0.4, 0.5) is 0 Å². The van der Waals surface area contributed by atoms with E-state index < -0.39 is 12.0 Å². The molecule has 5 heteroatoms. The molecule has 1 aromatic carbocycles. The molecule has 0 amide bonds. The summed E-state index contributed by atoms with van der Waals surface area (Å²) in [4.78, 5) is 11.3. The molecule has 102 valence electrons. The molecule has 1 unspecified atom stereocenters. The van der Waals surface area contributed by atoms with Crippen LogP contribution in [0.3, 0.4) is 0 Å². The number of nitrogens with one attached hydrogen (secondary N) is 1.